The van der Waals surface area contributed by atoms with E-state index in [0.29, 0.717) is 11.8 Å². The number of hydrogen-bond donors (Lipinski definition) is 3. The Morgan fingerprint density at radius 2 is 2.00 bits per heavy atom. The largest absolute Gasteiger partial charge is 0.396 e. The second kappa shape index (κ2) is 7.50. The van der Waals surface area contributed by atoms with Crippen molar-refractivity contribution in [3.8, 4) is 0 Å². The number of hydrogen-bond acceptors (Lipinski definition) is 3. The molecule has 4 atom stereocenters. The van der Waals surface area contributed by atoms with E-state index in [1.807, 2.05) is 0 Å². The second-order valence-electron chi connectivity index (χ2n) is 8.22. The molecule has 132 valence electrons. The molecule has 3 N–H and O–H groups in total. The summed E-state index contributed by atoms with van der Waals surface area (Å²) < 4.78 is 0. The molecule has 0 aromatic carbocycles. The maximum atomic E-state index is 9.99. The predicted molar refractivity (Wildman–Crippen MR) is 94.0 cm³/mol. The fourth-order valence-corrected chi connectivity index (χ4v) is 5.51. The Kier molecular flexibility index (Phi) is 6.10. The first-order chi connectivity index (χ1) is 10.9. The van der Waals surface area contributed by atoms with Crippen LogP contribution < -0.4 is 0 Å². The lowest BCUT2D eigenvalue weighted by Gasteiger charge is -2.58. The zero-order valence-electron chi connectivity index (χ0n) is 14.9. The third-order valence-electron chi connectivity index (χ3n) is 6.84. The van der Waals surface area contributed by atoms with Crippen molar-refractivity contribution in [2.45, 2.75) is 58.8 Å². The number of fused-ring (bicyclic) bond motifs is 1. The normalized spacial score (nSPS) is 38.5. The molecule has 2 fully saturated rings. The van der Waals surface area contributed by atoms with Crippen LogP contribution in [0, 0.1) is 22.7 Å². The highest BCUT2D eigenvalue weighted by molar-refractivity contribution is 5.17. The summed E-state index contributed by atoms with van der Waals surface area (Å²) in [5.74, 6) is 0.990. The molecule has 2 aliphatic rings. The van der Waals surface area contributed by atoms with E-state index in [-0.39, 0.29) is 30.7 Å². The van der Waals surface area contributed by atoms with E-state index in [4.69, 9.17) is 5.11 Å². The van der Waals surface area contributed by atoms with Crippen molar-refractivity contribution in [1.29, 1.82) is 0 Å². The fraction of sp³-hybridized carbons (Fsp3) is 0.800. The first kappa shape index (κ1) is 18.7. The zero-order valence-corrected chi connectivity index (χ0v) is 14.9. The monoisotopic (exact) mass is 322 g/mol. The highest BCUT2D eigenvalue weighted by Gasteiger charge is 2.53. The van der Waals surface area contributed by atoms with E-state index in [0.717, 1.165) is 37.7 Å². The molecule has 23 heavy (non-hydrogen) atoms. The number of aliphatic hydroxyl groups excluding tert-OH is 3. The first-order valence-electron chi connectivity index (χ1n) is 9.09. The molecule has 3 heteroatoms. The number of aliphatic hydroxyl groups is 3. The van der Waals surface area contributed by atoms with Crippen LogP contribution in [0.25, 0.3) is 0 Å². The summed E-state index contributed by atoms with van der Waals surface area (Å²) in [5.41, 5.74) is 2.50. The minimum absolute atomic E-state index is 0.00994. The van der Waals surface area contributed by atoms with Crippen LogP contribution in [0.5, 0.6) is 0 Å². The van der Waals surface area contributed by atoms with Crippen molar-refractivity contribution < 1.29 is 15.3 Å². The van der Waals surface area contributed by atoms with E-state index in [9.17, 15) is 10.2 Å². The lowest BCUT2D eigenvalue weighted by Crippen LogP contribution is -2.51. The molecule has 0 bridgehead atoms. The Morgan fingerprint density at radius 3 is 2.61 bits per heavy atom. The molecule has 2 aliphatic carbocycles. The summed E-state index contributed by atoms with van der Waals surface area (Å²) in [5, 5.41) is 28.5. The Labute approximate surface area is 141 Å². The maximum Gasteiger partial charge on any atom is 0.0642 e. The van der Waals surface area contributed by atoms with Gasteiger partial charge in [-0.15, -0.1) is 0 Å². The van der Waals surface area contributed by atoms with Gasteiger partial charge < -0.3 is 15.3 Å². The van der Waals surface area contributed by atoms with E-state index in [1.54, 1.807) is 6.08 Å². The van der Waals surface area contributed by atoms with E-state index in [1.165, 1.54) is 18.4 Å². The number of allylic oxidation sites excluding steroid dienone is 1. The molecule has 0 spiro atoms. The molecule has 2 saturated carbocycles. The van der Waals surface area contributed by atoms with Gasteiger partial charge in [0.15, 0.2) is 0 Å². The van der Waals surface area contributed by atoms with Gasteiger partial charge in [-0.3, -0.25) is 0 Å². The van der Waals surface area contributed by atoms with Crippen molar-refractivity contribution in [3.63, 3.8) is 0 Å². The highest BCUT2D eigenvalue weighted by Crippen LogP contribution is 2.61. The molecular formula is C20H34O3. The van der Waals surface area contributed by atoms with Gasteiger partial charge in [0.05, 0.1) is 13.2 Å². The summed E-state index contributed by atoms with van der Waals surface area (Å²) in [6.07, 6.45) is 9.22. The molecule has 2 rings (SSSR count). The van der Waals surface area contributed by atoms with E-state index >= 15 is 0 Å². The van der Waals surface area contributed by atoms with Crippen molar-refractivity contribution >= 4 is 0 Å². The maximum absolute atomic E-state index is 9.99. The average Bonchev–Trinajstić information content (AvgIpc) is 2.52. The molecule has 0 saturated heterocycles. The molecule has 0 radical (unpaired) electrons. The van der Waals surface area contributed by atoms with Gasteiger partial charge in [-0.25, -0.2) is 0 Å². The third kappa shape index (κ3) is 3.57. The van der Waals surface area contributed by atoms with Crippen molar-refractivity contribution in [1.82, 2.24) is 0 Å². The summed E-state index contributed by atoms with van der Waals surface area (Å²) in [4.78, 5) is 0. The SMILES string of the molecule is C=C1CC[C@@H]2[C@](C)(CO)CCC[C@@]2(C)[C@@H]1CC/C(=C/CO)CO. The molecule has 3 nitrogen and oxygen atoms in total. The molecular weight excluding hydrogens is 288 g/mol. The molecule has 0 amide bonds. The average molecular weight is 322 g/mol. The van der Waals surface area contributed by atoms with Gasteiger partial charge in [-0.05, 0) is 66.8 Å². The van der Waals surface area contributed by atoms with Gasteiger partial charge in [0.25, 0.3) is 0 Å². The summed E-state index contributed by atoms with van der Waals surface area (Å²) in [6.45, 7) is 9.30. The van der Waals surface area contributed by atoms with Crippen LogP contribution >= 0.6 is 0 Å². The molecule has 0 aromatic rings. The molecule has 0 aromatic heterocycles. The first-order valence-corrected chi connectivity index (χ1v) is 9.09. The van der Waals surface area contributed by atoms with Crippen molar-refractivity contribution in [3.05, 3.63) is 23.8 Å². The van der Waals surface area contributed by atoms with Gasteiger partial charge in [0, 0.05) is 6.61 Å². The standard InChI is InChI=1S/C20H34O3/c1-15-5-8-18-19(2,14-23)10-4-11-20(18,3)17(15)7-6-16(13-22)9-12-21/h9,17-18,21-23H,1,4-8,10-14H2,2-3H3/b16-9-/t17-,18-,19+,20+/m1/s1. The van der Waals surface area contributed by atoms with Gasteiger partial charge in [-0.2, -0.15) is 0 Å². The van der Waals surface area contributed by atoms with Crippen molar-refractivity contribution in [2.24, 2.45) is 22.7 Å². The van der Waals surface area contributed by atoms with Crippen LogP contribution in [0.3, 0.4) is 0 Å². The highest BCUT2D eigenvalue weighted by atomic mass is 16.3. The van der Waals surface area contributed by atoms with Crippen molar-refractivity contribution in [2.75, 3.05) is 19.8 Å². The van der Waals surface area contributed by atoms with Crippen LogP contribution in [0.4, 0.5) is 0 Å². The molecule has 0 unspecified atom stereocenters. The fourth-order valence-electron chi connectivity index (χ4n) is 5.51. The van der Waals surface area contributed by atoms with Gasteiger partial charge in [0.1, 0.15) is 0 Å². The van der Waals surface area contributed by atoms with Crippen LogP contribution in [-0.2, 0) is 0 Å². The van der Waals surface area contributed by atoms with E-state index < -0.39 is 0 Å². The summed E-state index contributed by atoms with van der Waals surface area (Å²) in [6, 6.07) is 0. The minimum atomic E-state index is -0.00994. The second-order valence-corrected chi connectivity index (χ2v) is 8.22. The Hall–Kier alpha value is -0.640. The molecule has 0 heterocycles. The minimum Gasteiger partial charge on any atom is -0.396 e. The van der Waals surface area contributed by atoms with Gasteiger partial charge in [0.2, 0.25) is 0 Å². The smallest absolute Gasteiger partial charge is 0.0642 e. The quantitative estimate of drug-likeness (QED) is 0.656. The Balaban J connectivity index is 2.20. The lowest BCUT2D eigenvalue weighted by molar-refractivity contribution is -0.0859. The Bertz CT molecular complexity index is 456. The van der Waals surface area contributed by atoms with Crippen LogP contribution in [0.15, 0.2) is 23.8 Å². The third-order valence-corrected chi connectivity index (χ3v) is 6.84. The van der Waals surface area contributed by atoms with Gasteiger partial charge >= 0.3 is 0 Å². The van der Waals surface area contributed by atoms with Gasteiger partial charge in [-0.1, -0.05) is 38.5 Å². The Morgan fingerprint density at radius 1 is 1.26 bits per heavy atom. The predicted octanol–water partition coefficient (Wildman–Crippen LogP) is 3.45. The number of rotatable bonds is 6. The summed E-state index contributed by atoms with van der Waals surface area (Å²) >= 11 is 0. The lowest BCUT2D eigenvalue weighted by atomic mass is 9.47. The van der Waals surface area contributed by atoms with Crippen LogP contribution in [-0.4, -0.2) is 35.1 Å². The van der Waals surface area contributed by atoms with Crippen LogP contribution in [0.2, 0.25) is 0 Å². The topological polar surface area (TPSA) is 60.7 Å². The summed E-state index contributed by atoms with van der Waals surface area (Å²) in [7, 11) is 0. The van der Waals surface area contributed by atoms with E-state index in [2.05, 4.69) is 20.4 Å². The zero-order chi connectivity index (χ0) is 17.1. The van der Waals surface area contributed by atoms with Crippen LogP contribution in [0.1, 0.15) is 58.8 Å². The molecule has 0 aliphatic heterocycles.